The summed E-state index contributed by atoms with van der Waals surface area (Å²) in [5.41, 5.74) is 0.849. The molecule has 1 aromatic rings. The van der Waals surface area contributed by atoms with Crippen molar-refractivity contribution in [1.82, 2.24) is 10.3 Å². The summed E-state index contributed by atoms with van der Waals surface area (Å²) in [5, 5.41) is 12.3. The number of hydrogen-bond acceptors (Lipinski definition) is 3. The Labute approximate surface area is 101 Å². The highest BCUT2D eigenvalue weighted by Gasteiger charge is 2.40. The third-order valence-corrected chi connectivity index (χ3v) is 3.09. The molecule has 1 heterocycles. The molecule has 1 amide bonds. The van der Waals surface area contributed by atoms with Crippen molar-refractivity contribution in [3.05, 3.63) is 29.6 Å². The number of nitrogens with zero attached hydrogens (tertiary/aromatic N) is 1. The Hall–Kier alpha value is -1.42. The first-order valence-corrected chi connectivity index (χ1v) is 5.97. The molecule has 1 saturated carbocycles. The van der Waals surface area contributed by atoms with Crippen LogP contribution in [0.4, 0.5) is 0 Å². The van der Waals surface area contributed by atoms with Crippen LogP contribution in [0.2, 0.25) is 0 Å². The number of rotatable bonds is 4. The summed E-state index contributed by atoms with van der Waals surface area (Å²) in [4.78, 5) is 15.9. The molecule has 17 heavy (non-hydrogen) atoms. The van der Waals surface area contributed by atoms with Crippen LogP contribution in [0.15, 0.2) is 18.3 Å². The van der Waals surface area contributed by atoms with Gasteiger partial charge in [0.05, 0.1) is 5.60 Å². The zero-order chi connectivity index (χ0) is 12.5. The van der Waals surface area contributed by atoms with Crippen molar-refractivity contribution in [2.75, 3.05) is 6.54 Å². The van der Waals surface area contributed by atoms with Crippen LogP contribution >= 0.6 is 0 Å². The number of aliphatic hydroxyl groups is 1. The molecule has 4 nitrogen and oxygen atoms in total. The molecule has 0 aliphatic heterocycles. The highest BCUT2D eigenvalue weighted by atomic mass is 16.3. The Morgan fingerprint density at radius 3 is 2.88 bits per heavy atom. The quantitative estimate of drug-likeness (QED) is 0.829. The van der Waals surface area contributed by atoms with Crippen LogP contribution in [0.5, 0.6) is 0 Å². The van der Waals surface area contributed by atoms with Crippen molar-refractivity contribution in [3.63, 3.8) is 0 Å². The molecule has 0 radical (unpaired) electrons. The first-order chi connectivity index (χ1) is 8.00. The lowest BCUT2D eigenvalue weighted by atomic mass is 10.0. The average molecular weight is 234 g/mol. The van der Waals surface area contributed by atoms with Crippen molar-refractivity contribution in [2.45, 2.75) is 38.2 Å². The topological polar surface area (TPSA) is 62.2 Å². The zero-order valence-corrected chi connectivity index (χ0v) is 10.2. The van der Waals surface area contributed by atoms with Crippen LogP contribution in [0.25, 0.3) is 0 Å². The lowest BCUT2D eigenvalue weighted by Crippen LogP contribution is -2.33. The molecule has 0 unspecified atom stereocenters. The Kier molecular flexibility index (Phi) is 3.15. The number of pyridine rings is 1. The number of carbonyl (C=O) groups excluding carboxylic acids is 1. The van der Waals surface area contributed by atoms with E-state index in [0.717, 1.165) is 18.4 Å². The molecule has 0 aromatic carbocycles. The SMILES string of the molecule is CC(C)c1ccnc(C(=O)NCC2(O)CC2)c1. The van der Waals surface area contributed by atoms with Gasteiger partial charge in [-0.3, -0.25) is 9.78 Å². The Morgan fingerprint density at radius 1 is 1.59 bits per heavy atom. The second-order valence-electron chi connectivity index (χ2n) is 5.04. The molecule has 2 rings (SSSR count). The van der Waals surface area contributed by atoms with E-state index in [1.54, 1.807) is 12.3 Å². The molecule has 1 fully saturated rings. The van der Waals surface area contributed by atoms with Gasteiger partial charge in [-0.25, -0.2) is 0 Å². The monoisotopic (exact) mass is 234 g/mol. The van der Waals surface area contributed by atoms with Crippen molar-refractivity contribution in [2.24, 2.45) is 0 Å². The van der Waals surface area contributed by atoms with Crippen molar-refractivity contribution >= 4 is 5.91 Å². The normalized spacial score (nSPS) is 16.9. The van der Waals surface area contributed by atoms with E-state index in [9.17, 15) is 9.90 Å². The van der Waals surface area contributed by atoms with Crippen LogP contribution in [-0.2, 0) is 0 Å². The minimum absolute atomic E-state index is 0.215. The van der Waals surface area contributed by atoms with Gasteiger partial charge in [0.1, 0.15) is 5.69 Å². The Bertz CT molecular complexity index is 425. The smallest absolute Gasteiger partial charge is 0.269 e. The Morgan fingerprint density at radius 2 is 2.29 bits per heavy atom. The highest BCUT2D eigenvalue weighted by Crippen LogP contribution is 2.33. The molecule has 1 aliphatic carbocycles. The maximum Gasteiger partial charge on any atom is 0.269 e. The number of hydrogen-bond donors (Lipinski definition) is 2. The van der Waals surface area contributed by atoms with E-state index in [4.69, 9.17) is 0 Å². The molecule has 0 saturated heterocycles. The first kappa shape index (κ1) is 12.0. The molecule has 2 N–H and O–H groups in total. The summed E-state index contributed by atoms with van der Waals surface area (Å²) < 4.78 is 0. The molecule has 92 valence electrons. The second-order valence-corrected chi connectivity index (χ2v) is 5.04. The molecular formula is C13H18N2O2. The predicted molar refractivity (Wildman–Crippen MR) is 64.8 cm³/mol. The summed E-state index contributed by atoms with van der Waals surface area (Å²) in [6, 6.07) is 3.72. The fourth-order valence-corrected chi connectivity index (χ4v) is 1.59. The minimum Gasteiger partial charge on any atom is -0.388 e. The second kappa shape index (κ2) is 4.45. The number of aromatic nitrogens is 1. The van der Waals surface area contributed by atoms with Gasteiger partial charge in [0.15, 0.2) is 0 Å². The van der Waals surface area contributed by atoms with Gasteiger partial charge in [-0.1, -0.05) is 13.8 Å². The van der Waals surface area contributed by atoms with Gasteiger partial charge in [-0.2, -0.15) is 0 Å². The molecule has 1 aliphatic rings. The van der Waals surface area contributed by atoms with Gasteiger partial charge >= 0.3 is 0 Å². The molecular weight excluding hydrogens is 216 g/mol. The number of carbonyl (C=O) groups is 1. The standard InChI is InChI=1S/C13H18N2O2/c1-9(2)10-3-6-14-11(7-10)12(16)15-8-13(17)4-5-13/h3,6-7,9,17H,4-5,8H2,1-2H3,(H,15,16). The van der Waals surface area contributed by atoms with Crippen LogP contribution in [0.3, 0.4) is 0 Å². The van der Waals surface area contributed by atoms with E-state index < -0.39 is 5.60 Å². The van der Waals surface area contributed by atoms with E-state index in [1.165, 1.54) is 0 Å². The lowest BCUT2D eigenvalue weighted by molar-refractivity contribution is 0.0891. The number of amides is 1. The first-order valence-electron chi connectivity index (χ1n) is 5.97. The van der Waals surface area contributed by atoms with Gasteiger partial charge in [0.2, 0.25) is 0 Å². The van der Waals surface area contributed by atoms with Crippen molar-refractivity contribution in [3.8, 4) is 0 Å². The Balaban J connectivity index is 2.00. The van der Waals surface area contributed by atoms with E-state index in [0.29, 0.717) is 18.2 Å². The molecule has 0 bridgehead atoms. The molecule has 4 heteroatoms. The summed E-state index contributed by atoms with van der Waals surface area (Å²) in [7, 11) is 0. The van der Waals surface area contributed by atoms with Gasteiger partial charge in [0.25, 0.3) is 5.91 Å². The van der Waals surface area contributed by atoms with E-state index >= 15 is 0 Å². The minimum atomic E-state index is -0.661. The van der Waals surface area contributed by atoms with Crippen LogP contribution < -0.4 is 5.32 Å². The largest absolute Gasteiger partial charge is 0.388 e. The third-order valence-electron chi connectivity index (χ3n) is 3.09. The van der Waals surface area contributed by atoms with Gasteiger partial charge < -0.3 is 10.4 Å². The fraction of sp³-hybridized carbons (Fsp3) is 0.538. The van der Waals surface area contributed by atoms with Crippen LogP contribution in [-0.4, -0.2) is 28.1 Å². The highest BCUT2D eigenvalue weighted by molar-refractivity contribution is 5.92. The maximum absolute atomic E-state index is 11.8. The summed E-state index contributed by atoms with van der Waals surface area (Å²) in [6.07, 6.45) is 3.19. The molecule has 1 aromatic heterocycles. The summed E-state index contributed by atoms with van der Waals surface area (Å²) in [5.74, 6) is 0.157. The summed E-state index contributed by atoms with van der Waals surface area (Å²) in [6.45, 7) is 4.47. The van der Waals surface area contributed by atoms with Crippen molar-refractivity contribution in [1.29, 1.82) is 0 Å². The van der Waals surface area contributed by atoms with E-state index in [1.807, 2.05) is 6.07 Å². The maximum atomic E-state index is 11.8. The van der Waals surface area contributed by atoms with Gasteiger partial charge in [0, 0.05) is 12.7 Å². The molecule has 0 spiro atoms. The lowest BCUT2D eigenvalue weighted by Gasteiger charge is -2.10. The van der Waals surface area contributed by atoms with E-state index in [-0.39, 0.29) is 5.91 Å². The zero-order valence-electron chi connectivity index (χ0n) is 10.2. The van der Waals surface area contributed by atoms with Crippen LogP contribution in [0.1, 0.15) is 48.7 Å². The predicted octanol–water partition coefficient (Wildman–Crippen LogP) is 1.46. The third kappa shape index (κ3) is 3.03. The van der Waals surface area contributed by atoms with Crippen LogP contribution in [0, 0.1) is 0 Å². The van der Waals surface area contributed by atoms with Gasteiger partial charge in [-0.15, -0.1) is 0 Å². The fourth-order valence-electron chi connectivity index (χ4n) is 1.59. The summed E-state index contributed by atoms with van der Waals surface area (Å²) >= 11 is 0. The molecule has 0 atom stereocenters. The number of nitrogens with one attached hydrogen (secondary N) is 1. The average Bonchev–Trinajstić information content (AvgIpc) is 3.05. The van der Waals surface area contributed by atoms with Gasteiger partial charge in [-0.05, 0) is 36.5 Å². The van der Waals surface area contributed by atoms with E-state index in [2.05, 4.69) is 24.1 Å². The van der Waals surface area contributed by atoms with Crippen molar-refractivity contribution < 1.29 is 9.90 Å².